The molecule has 134 valence electrons. The lowest BCUT2D eigenvalue weighted by Crippen LogP contribution is -2.09. The van der Waals surface area contributed by atoms with E-state index >= 15 is 0 Å². The second-order valence-corrected chi connectivity index (χ2v) is 5.68. The van der Waals surface area contributed by atoms with Crippen LogP contribution in [0.5, 0.6) is 23.0 Å². The molecule has 0 unspecified atom stereocenters. The fraction of sp³-hybridized carbons (Fsp3) is 0.350. The Kier molecular flexibility index (Phi) is 6.28. The summed E-state index contributed by atoms with van der Waals surface area (Å²) in [6, 6.07) is 10.7. The lowest BCUT2D eigenvalue weighted by atomic mass is 9.99. The van der Waals surface area contributed by atoms with Crippen LogP contribution in [-0.2, 0) is 0 Å². The number of carbonyl (C=O) groups is 1. The van der Waals surface area contributed by atoms with Crippen molar-refractivity contribution < 1.29 is 23.7 Å². The van der Waals surface area contributed by atoms with Crippen molar-refractivity contribution in [1.82, 2.24) is 0 Å². The highest BCUT2D eigenvalue weighted by molar-refractivity contribution is 5.92. The average molecular weight is 344 g/mol. The van der Waals surface area contributed by atoms with E-state index < -0.39 is 5.97 Å². The average Bonchev–Trinajstić information content (AvgIpc) is 2.66. The summed E-state index contributed by atoms with van der Waals surface area (Å²) in [4.78, 5) is 12.5. The Labute approximate surface area is 148 Å². The first-order valence-corrected chi connectivity index (χ1v) is 8.16. The maximum Gasteiger partial charge on any atom is 0.343 e. The van der Waals surface area contributed by atoms with Gasteiger partial charge in [0.15, 0.2) is 11.5 Å². The molecule has 0 heterocycles. The monoisotopic (exact) mass is 344 g/mol. The van der Waals surface area contributed by atoms with Crippen molar-refractivity contribution in [2.24, 2.45) is 0 Å². The van der Waals surface area contributed by atoms with E-state index in [9.17, 15) is 4.79 Å². The van der Waals surface area contributed by atoms with Crippen LogP contribution in [0.15, 0.2) is 36.4 Å². The van der Waals surface area contributed by atoms with E-state index in [0.717, 1.165) is 6.42 Å². The predicted molar refractivity (Wildman–Crippen MR) is 96.2 cm³/mol. The zero-order valence-corrected chi connectivity index (χ0v) is 15.3. The van der Waals surface area contributed by atoms with Gasteiger partial charge < -0.3 is 18.9 Å². The molecule has 0 radical (unpaired) electrons. The van der Waals surface area contributed by atoms with Crippen LogP contribution in [0.3, 0.4) is 0 Å². The third-order valence-electron chi connectivity index (χ3n) is 4.17. The maximum absolute atomic E-state index is 12.5. The Balaban J connectivity index is 2.23. The summed E-state index contributed by atoms with van der Waals surface area (Å²) in [5.74, 6) is 1.71. The van der Waals surface area contributed by atoms with Crippen LogP contribution < -0.4 is 18.9 Å². The SMILES string of the molecule is CC[C@H](C)c1ccc(OC(=O)c2cc(OC)c(OC)c(OC)c2)cc1. The second-order valence-electron chi connectivity index (χ2n) is 5.68. The summed E-state index contributed by atoms with van der Waals surface area (Å²) in [5, 5.41) is 0. The molecular weight excluding hydrogens is 320 g/mol. The minimum absolute atomic E-state index is 0.320. The van der Waals surface area contributed by atoms with Crippen molar-refractivity contribution in [3.8, 4) is 23.0 Å². The fourth-order valence-corrected chi connectivity index (χ4v) is 2.47. The topological polar surface area (TPSA) is 54.0 Å². The third-order valence-corrected chi connectivity index (χ3v) is 4.17. The molecule has 2 aromatic rings. The molecule has 0 saturated carbocycles. The number of carbonyl (C=O) groups excluding carboxylic acids is 1. The van der Waals surface area contributed by atoms with Gasteiger partial charge in [-0.15, -0.1) is 0 Å². The third kappa shape index (κ3) is 4.24. The molecule has 0 aliphatic heterocycles. The zero-order chi connectivity index (χ0) is 18.4. The Hall–Kier alpha value is -2.69. The Morgan fingerprint density at radius 2 is 1.52 bits per heavy atom. The van der Waals surface area contributed by atoms with E-state index in [1.54, 1.807) is 24.3 Å². The first-order chi connectivity index (χ1) is 12.0. The minimum atomic E-state index is -0.490. The molecule has 0 aromatic heterocycles. The molecule has 0 spiro atoms. The number of rotatable bonds is 7. The molecule has 0 fully saturated rings. The highest BCUT2D eigenvalue weighted by Crippen LogP contribution is 2.38. The Bertz CT molecular complexity index is 696. The summed E-state index contributed by atoms with van der Waals surface area (Å²) in [5.41, 5.74) is 1.54. The summed E-state index contributed by atoms with van der Waals surface area (Å²) >= 11 is 0. The van der Waals surface area contributed by atoms with Crippen molar-refractivity contribution in [3.05, 3.63) is 47.5 Å². The van der Waals surface area contributed by atoms with Crippen molar-refractivity contribution in [2.75, 3.05) is 21.3 Å². The van der Waals surface area contributed by atoms with Crippen molar-refractivity contribution in [3.63, 3.8) is 0 Å². The van der Waals surface area contributed by atoms with E-state index in [1.165, 1.54) is 26.9 Å². The molecule has 2 rings (SSSR count). The van der Waals surface area contributed by atoms with E-state index in [4.69, 9.17) is 18.9 Å². The molecule has 5 nitrogen and oxygen atoms in total. The van der Waals surface area contributed by atoms with Gasteiger partial charge in [0.2, 0.25) is 5.75 Å². The molecule has 5 heteroatoms. The van der Waals surface area contributed by atoms with E-state index in [0.29, 0.717) is 34.5 Å². The van der Waals surface area contributed by atoms with Crippen LogP contribution in [0.25, 0.3) is 0 Å². The van der Waals surface area contributed by atoms with Gasteiger partial charge in [-0.05, 0) is 42.2 Å². The van der Waals surface area contributed by atoms with Gasteiger partial charge >= 0.3 is 5.97 Å². The first-order valence-electron chi connectivity index (χ1n) is 8.16. The van der Waals surface area contributed by atoms with Crippen LogP contribution in [0.1, 0.15) is 42.1 Å². The fourth-order valence-electron chi connectivity index (χ4n) is 2.47. The van der Waals surface area contributed by atoms with Crippen molar-refractivity contribution in [1.29, 1.82) is 0 Å². The number of ether oxygens (including phenoxy) is 4. The molecule has 0 bridgehead atoms. The summed E-state index contributed by atoms with van der Waals surface area (Å²) < 4.78 is 21.2. The van der Waals surface area contributed by atoms with E-state index in [-0.39, 0.29) is 0 Å². The summed E-state index contributed by atoms with van der Waals surface area (Å²) in [6.45, 7) is 4.31. The largest absolute Gasteiger partial charge is 0.493 e. The van der Waals surface area contributed by atoms with Crippen molar-refractivity contribution in [2.45, 2.75) is 26.2 Å². The zero-order valence-electron chi connectivity index (χ0n) is 15.3. The normalized spacial score (nSPS) is 11.6. The number of hydrogen-bond acceptors (Lipinski definition) is 5. The van der Waals surface area contributed by atoms with E-state index in [1.807, 2.05) is 12.1 Å². The van der Waals surface area contributed by atoms with Crippen LogP contribution in [0.4, 0.5) is 0 Å². The highest BCUT2D eigenvalue weighted by atomic mass is 16.5. The highest BCUT2D eigenvalue weighted by Gasteiger charge is 2.18. The Morgan fingerprint density at radius 3 is 1.96 bits per heavy atom. The smallest absolute Gasteiger partial charge is 0.343 e. The Morgan fingerprint density at radius 1 is 0.960 bits per heavy atom. The number of benzene rings is 2. The van der Waals surface area contributed by atoms with Gasteiger partial charge in [0, 0.05) is 0 Å². The van der Waals surface area contributed by atoms with Crippen LogP contribution in [0.2, 0.25) is 0 Å². The quantitative estimate of drug-likeness (QED) is 0.549. The minimum Gasteiger partial charge on any atom is -0.493 e. The summed E-state index contributed by atoms with van der Waals surface area (Å²) in [7, 11) is 4.51. The number of esters is 1. The van der Waals surface area contributed by atoms with Crippen LogP contribution in [0, 0.1) is 0 Å². The van der Waals surface area contributed by atoms with Gasteiger partial charge in [-0.25, -0.2) is 4.79 Å². The number of methoxy groups -OCH3 is 3. The molecule has 2 aromatic carbocycles. The van der Waals surface area contributed by atoms with Crippen LogP contribution in [-0.4, -0.2) is 27.3 Å². The lowest BCUT2D eigenvalue weighted by Gasteiger charge is -2.14. The molecule has 1 atom stereocenters. The standard InChI is InChI=1S/C20H24O5/c1-6-13(2)14-7-9-16(10-8-14)25-20(21)15-11-17(22-3)19(24-5)18(12-15)23-4/h7-13H,6H2,1-5H3/t13-/m0/s1. The van der Waals surface area contributed by atoms with Gasteiger partial charge in [-0.3, -0.25) is 0 Å². The van der Waals surface area contributed by atoms with Gasteiger partial charge in [-0.2, -0.15) is 0 Å². The molecule has 0 aliphatic carbocycles. The summed E-state index contributed by atoms with van der Waals surface area (Å²) in [6.07, 6.45) is 1.06. The molecule has 0 aliphatic rings. The molecule has 0 amide bonds. The maximum atomic E-state index is 12.5. The van der Waals surface area contributed by atoms with Gasteiger partial charge in [0.1, 0.15) is 5.75 Å². The van der Waals surface area contributed by atoms with Crippen molar-refractivity contribution >= 4 is 5.97 Å². The molecule has 0 saturated heterocycles. The predicted octanol–water partition coefficient (Wildman–Crippen LogP) is 4.45. The molecule has 0 N–H and O–H groups in total. The van der Waals surface area contributed by atoms with Gasteiger partial charge in [0.25, 0.3) is 0 Å². The number of hydrogen-bond donors (Lipinski definition) is 0. The molecular formula is C20H24O5. The van der Waals surface area contributed by atoms with Gasteiger partial charge in [-0.1, -0.05) is 26.0 Å². The van der Waals surface area contributed by atoms with Gasteiger partial charge in [0.05, 0.1) is 26.9 Å². The first kappa shape index (κ1) is 18.6. The molecule has 25 heavy (non-hydrogen) atoms. The second kappa shape index (κ2) is 8.42. The van der Waals surface area contributed by atoms with E-state index in [2.05, 4.69) is 13.8 Å². The van der Waals surface area contributed by atoms with Crippen LogP contribution >= 0.6 is 0 Å². The lowest BCUT2D eigenvalue weighted by molar-refractivity contribution is 0.0734.